The van der Waals surface area contributed by atoms with Gasteiger partial charge in [0.1, 0.15) is 17.4 Å². The van der Waals surface area contributed by atoms with Crippen molar-refractivity contribution in [2.75, 3.05) is 12.4 Å². The molecule has 0 saturated heterocycles. The van der Waals surface area contributed by atoms with Crippen LogP contribution >= 0.6 is 0 Å². The van der Waals surface area contributed by atoms with Crippen LogP contribution in [0.15, 0.2) is 53.2 Å². The van der Waals surface area contributed by atoms with Crippen molar-refractivity contribution in [2.24, 2.45) is 0 Å². The summed E-state index contributed by atoms with van der Waals surface area (Å²) in [6.45, 7) is -2.53. The Labute approximate surface area is 152 Å². The van der Waals surface area contributed by atoms with Gasteiger partial charge in [-0.2, -0.15) is 8.78 Å². The molecule has 0 amide bonds. The van der Waals surface area contributed by atoms with Gasteiger partial charge in [0.25, 0.3) is 0 Å². The SMILES string of the molecule is COc1cc(CNc2ncnc3c2oc2ccccc23)ccc1OC(F)F. The second-order valence-corrected chi connectivity index (χ2v) is 5.72. The molecule has 0 aliphatic carbocycles. The number of halogens is 2. The average Bonchev–Trinajstić information content (AvgIpc) is 3.06. The second kappa shape index (κ2) is 7.06. The number of methoxy groups -OCH3 is 1. The minimum Gasteiger partial charge on any atom is -0.493 e. The first-order valence-electron chi connectivity index (χ1n) is 8.13. The van der Waals surface area contributed by atoms with Crippen LogP contribution in [0.4, 0.5) is 14.6 Å². The minimum absolute atomic E-state index is 0.0158. The molecular weight excluding hydrogens is 356 g/mol. The summed E-state index contributed by atoms with van der Waals surface area (Å²) in [7, 11) is 1.40. The van der Waals surface area contributed by atoms with E-state index in [0.717, 1.165) is 22.0 Å². The van der Waals surface area contributed by atoms with Crippen molar-refractivity contribution in [1.82, 2.24) is 9.97 Å². The number of nitrogens with one attached hydrogen (secondary N) is 1. The van der Waals surface area contributed by atoms with E-state index < -0.39 is 6.61 Å². The number of hydrogen-bond acceptors (Lipinski definition) is 6. The number of furan rings is 1. The van der Waals surface area contributed by atoms with Crippen LogP contribution in [0.1, 0.15) is 5.56 Å². The number of aromatic nitrogens is 2. The largest absolute Gasteiger partial charge is 0.493 e. The molecule has 1 N–H and O–H groups in total. The van der Waals surface area contributed by atoms with E-state index in [1.165, 1.54) is 19.5 Å². The number of nitrogens with zero attached hydrogens (tertiary/aromatic N) is 2. The molecular formula is C19H15F2N3O3. The Morgan fingerprint density at radius 3 is 2.78 bits per heavy atom. The zero-order valence-electron chi connectivity index (χ0n) is 14.3. The molecule has 4 rings (SSSR count). The first-order valence-corrected chi connectivity index (χ1v) is 8.13. The minimum atomic E-state index is -2.91. The molecule has 0 radical (unpaired) electrons. The maximum atomic E-state index is 12.4. The van der Waals surface area contributed by atoms with Gasteiger partial charge in [0.2, 0.25) is 0 Å². The van der Waals surface area contributed by atoms with E-state index in [1.807, 2.05) is 24.3 Å². The number of fused-ring (bicyclic) bond motifs is 3. The smallest absolute Gasteiger partial charge is 0.387 e. The summed E-state index contributed by atoms with van der Waals surface area (Å²) in [5.41, 5.74) is 2.81. The van der Waals surface area contributed by atoms with E-state index in [4.69, 9.17) is 9.15 Å². The van der Waals surface area contributed by atoms with Gasteiger partial charge in [-0.3, -0.25) is 0 Å². The molecule has 2 heterocycles. The van der Waals surface area contributed by atoms with Crippen molar-refractivity contribution < 1.29 is 22.7 Å². The summed E-state index contributed by atoms with van der Waals surface area (Å²) < 4.78 is 40.3. The van der Waals surface area contributed by atoms with Gasteiger partial charge < -0.3 is 19.2 Å². The lowest BCUT2D eigenvalue weighted by atomic mass is 10.2. The molecule has 2 aromatic carbocycles. The van der Waals surface area contributed by atoms with Gasteiger partial charge in [-0.05, 0) is 29.8 Å². The zero-order valence-corrected chi connectivity index (χ0v) is 14.3. The Morgan fingerprint density at radius 1 is 1.11 bits per heavy atom. The highest BCUT2D eigenvalue weighted by Gasteiger charge is 2.14. The fourth-order valence-corrected chi connectivity index (χ4v) is 2.85. The van der Waals surface area contributed by atoms with Gasteiger partial charge >= 0.3 is 6.61 Å². The van der Waals surface area contributed by atoms with E-state index in [1.54, 1.807) is 12.1 Å². The molecule has 0 saturated carbocycles. The Hall–Kier alpha value is -3.42. The summed E-state index contributed by atoms with van der Waals surface area (Å²) in [6, 6.07) is 12.4. The first kappa shape index (κ1) is 17.0. The van der Waals surface area contributed by atoms with Crippen LogP contribution in [-0.4, -0.2) is 23.7 Å². The quantitative estimate of drug-likeness (QED) is 0.534. The van der Waals surface area contributed by atoms with Crippen molar-refractivity contribution in [2.45, 2.75) is 13.2 Å². The summed E-state index contributed by atoms with van der Waals surface area (Å²) in [4.78, 5) is 8.54. The lowest BCUT2D eigenvalue weighted by Crippen LogP contribution is -2.05. The molecule has 4 aromatic rings. The van der Waals surface area contributed by atoms with Crippen molar-refractivity contribution >= 4 is 27.9 Å². The number of anilines is 1. The van der Waals surface area contributed by atoms with Crippen LogP contribution in [0.5, 0.6) is 11.5 Å². The third-order valence-corrected chi connectivity index (χ3v) is 4.06. The van der Waals surface area contributed by atoms with Crippen molar-refractivity contribution in [3.05, 3.63) is 54.4 Å². The Balaban J connectivity index is 1.60. The number of para-hydroxylation sites is 1. The van der Waals surface area contributed by atoms with Gasteiger partial charge in [-0.1, -0.05) is 18.2 Å². The molecule has 0 aliphatic heterocycles. The van der Waals surface area contributed by atoms with E-state index in [-0.39, 0.29) is 11.5 Å². The summed E-state index contributed by atoms with van der Waals surface area (Å²) in [5.74, 6) is 0.757. The molecule has 138 valence electrons. The molecule has 2 aromatic heterocycles. The van der Waals surface area contributed by atoms with E-state index >= 15 is 0 Å². The molecule has 8 heteroatoms. The van der Waals surface area contributed by atoms with E-state index in [0.29, 0.717) is 17.9 Å². The van der Waals surface area contributed by atoms with Crippen molar-refractivity contribution in [3.8, 4) is 11.5 Å². The average molecular weight is 371 g/mol. The van der Waals surface area contributed by atoms with E-state index in [9.17, 15) is 8.78 Å². The molecule has 6 nitrogen and oxygen atoms in total. The monoisotopic (exact) mass is 371 g/mol. The zero-order chi connectivity index (χ0) is 18.8. The maximum absolute atomic E-state index is 12.4. The van der Waals surface area contributed by atoms with Crippen LogP contribution in [0, 0.1) is 0 Å². The third-order valence-electron chi connectivity index (χ3n) is 4.06. The van der Waals surface area contributed by atoms with Gasteiger partial charge in [0, 0.05) is 11.9 Å². The van der Waals surface area contributed by atoms with E-state index in [2.05, 4.69) is 20.0 Å². The Kier molecular flexibility index (Phi) is 4.45. The summed E-state index contributed by atoms with van der Waals surface area (Å²) in [5, 5.41) is 4.10. The van der Waals surface area contributed by atoms with Crippen molar-refractivity contribution in [1.29, 1.82) is 0 Å². The molecule has 0 unspecified atom stereocenters. The number of rotatable bonds is 6. The maximum Gasteiger partial charge on any atom is 0.387 e. The standard InChI is InChI=1S/C19H15F2N3O3/c1-25-15-8-11(6-7-14(15)27-19(20)21)9-22-18-17-16(23-10-24-18)12-4-2-3-5-13(12)26-17/h2-8,10,19H,9H2,1H3,(H,22,23,24). The highest BCUT2D eigenvalue weighted by molar-refractivity contribution is 6.05. The number of ether oxygens (including phenoxy) is 2. The lowest BCUT2D eigenvalue weighted by molar-refractivity contribution is -0.0512. The van der Waals surface area contributed by atoms with Crippen LogP contribution in [0.25, 0.3) is 22.1 Å². The first-order chi connectivity index (χ1) is 13.2. The Morgan fingerprint density at radius 2 is 1.96 bits per heavy atom. The Bertz CT molecular complexity index is 1100. The molecule has 0 aliphatic rings. The van der Waals surface area contributed by atoms with Crippen LogP contribution in [0.3, 0.4) is 0 Å². The van der Waals surface area contributed by atoms with Crippen LogP contribution in [-0.2, 0) is 6.54 Å². The number of alkyl halides is 2. The van der Waals surface area contributed by atoms with Crippen molar-refractivity contribution in [3.63, 3.8) is 0 Å². The molecule has 27 heavy (non-hydrogen) atoms. The fourth-order valence-electron chi connectivity index (χ4n) is 2.85. The predicted octanol–water partition coefficient (Wildman–Crippen LogP) is 4.60. The highest BCUT2D eigenvalue weighted by atomic mass is 19.3. The predicted molar refractivity (Wildman–Crippen MR) is 96.3 cm³/mol. The van der Waals surface area contributed by atoms with Crippen LogP contribution < -0.4 is 14.8 Å². The van der Waals surface area contributed by atoms with Crippen LogP contribution in [0.2, 0.25) is 0 Å². The van der Waals surface area contributed by atoms with Gasteiger partial charge in [-0.25, -0.2) is 9.97 Å². The number of benzene rings is 2. The fraction of sp³-hybridized carbons (Fsp3) is 0.158. The molecule has 0 bridgehead atoms. The molecule has 0 spiro atoms. The van der Waals surface area contributed by atoms with Gasteiger partial charge in [-0.15, -0.1) is 0 Å². The summed E-state index contributed by atoms with van der Waals surface area (Å²) >= 11 is 0. The second-order valence-electron chi connectivity index (χ2n) is 5.72. The molecule has 0 fully saturated rings. The summed E-state index contributed by atoms with van der Waals surface area (Å²) in [6.07, 6.45) is 1.47. The third kappa shape index (κ3) is 3.33. The lowest BCUT2D eigenvalue weighted by Gasteiger charge is -2.12. The number of hydrogen-bond donors (Lipinski definition) is 1. The normalized spacial score (nSPS) is 11.3. The topological polar surface area (TPSA) is 69.4 Å². The van der Waals surface area contributed by atoms with Gasteiger partial charge in [0.05, 0.1) is 7.11 Å². The van der Waals surface area contributed by atoms with Gasteiger partial charge in [0.15, 0.2) is 22.9 Å². The molecule has 0 atom stereocenters. The highest BCUT2D eigenvalue weighted by Crippen LogP contribution is 2.32.